The van der Waals surface area contributed by atoms with Crippen LogP contribution in [0, 0.1) is 5.92 Å². The predicted octanol–water partition coefficient (Wildman–Crippen LogP) is 4.49. The summed E-state index contributed by atoms with van der Waals surface area (Å²) in [6.45, 7) is 5.90. The monoisotopic (exact) mass is 414 g/mol. The fraction of sp³-hybridized carbons (Fsp3) is 0.792. The molecule has 0 aromatic carbocycles. The van der Waals surface area contributed by atoms with E-state index in [2.05, 4.69) is 33.8 Å². The van der Waals surface area contributed by atoms with Gasteiger partial charge in [-0.25, -0.2) is 0 Å². The maximum absolute atomic E-state index is 13.3. The Morgan fingerprint density at radius 3 is 2.30 bits per heavy atom. The van der Waals surface area contributed by atoms with Gasteiger partial charge in [0.05, 0.1) is 17.5 Å². The molecular weight excluding hydrogens is 376 g/mol. The van der Waals surface area contributed by atoms with E-state index in [0.29, 0.717) is 11.8 Å². The van der Waals surface area contributed by atoms with Crippen LogP contribution in [0.25, 0.3) is 0 Å². The molecule has 4 rings (SSSR count). The molecule has 2 amide bonds. The van der Waals surface area contributed by atoms with Gasteiger partial charge in [-0.3, -0.25) is 14.7 Å². The van der Waals surface area contributed by atoms with E-state index in [4.69, 9.17) is 0 Å². The van der Waals surface area contributed by atoms with Crippen LogP contribution >= 0.6 is 0 Å². The van der Waals surface area contributed by atoms with Gasteiger partial charge in [0, 0.05) is 37.5 Å². The number of nitrogens with one attached hydrogen (secondary N) is 1. The van der Waals surface area contributed by atoms with Crippen molar-refractivity contribution in [2.45, 2.75) is 102 Å². The molecule has 6 heteroatoms. The topological polar surface area (TPSA) is 69.3 Å². The number of aromatic nitrogens is 2. The van der Waals surface area contributed by atoms with E-state index in [9.17, 15) is 9.59 Å². The summed E-state index contributed by atoms with van der Waals surface area (Å²) in [5.74, 6) is 1.32. The molecule has 3 heterocycles. The Kier molecular flexibility index (Phi) is 6.79. The second-order valence-corrected chi connectivity index (χ2v) is 9.90. The highest BCUT2D eigenvalue weighted by atomic mass is 16.2. The molecule has 2 saturated heterocycles. The summed E-state index contributed by atoms with van der Waals surface area (Å²) in [7, 11) is 0. The molecule has 1 aromatic rings. The highest BCUT2D eigenvalue weighted by Gasteiger charge is 2.34. The van der Waals surface area contributed by atoms with Gasteiger partial charge in [-0.15, -0.1) is 0 Å². The predicted molar refractivity (Wildman–Crippen MR) is 117 cm³/mol. The van der Waals surface area contributed by atoms with Gasteiger partial charge in [0.2, 0.25) is 5.91 Å². The summed E-state index contributed by atoms with van der Waals surface area (Å²) in [5.41, 5.74) is 1.71. The standard InChI is InChI=1S/C24H38N4O2/c1-17-7-6-8-18(2)28(17)24(30)21-16-25-26-23(21)20-11-13-27(14-12-20)22(29)15-19-9-4-3-5-10-19/h16-20H,3-15H2,1-2H3,(H,25,26)/t17-,18+. The van der Waals surface area contributed by atoms with E-state index in [0.717, 1.165) is 56.5 Å². The average molecular weight is 415 g/mol. The highest BCUT2D eigenvalue weighted by Crippen LogP contribution is 2.33. The number of piperidine rings is 2. The van der Waals surface area contributed by atoms with Crippen molar-refractivity contribution in [2.24, 2.45) is 5.92 Å². The Labute approximate surface area is 180 Å². The molecule has 0 spiro atoms. The number of likely N-dealkylation sites (tertiary alicyclic amines) is 2. The van der Waals surface area contributed by atoms with E-state index in [1.54, 1.807) is 6.20 Å². The van der Waals surface area contributed by atoms with Gasteiger partial charge in [0.25, 0.3) is 5.91 Å². The van der Waals surface area contributed by atoms with Crippen molar-refractivity contribution in [1.29, 1.82) is 0 Å². The maximum atomic E-state index is 13.3. The fourth-order valence-electron chi connectivity index (χ4n) is 5.92. The van der Waals surface area contributed by atoms with Crippen LogP contribution in [-0.2, 0) is 4.79 Å². The van der Waals surface area contributed by atoms with Crippen molar-refractivity contribution >= 4 is 11.8 Å². The van der Waals surface area contributed by atoms with Crippen LogP contribution in [0.1, 0.15) is 106 Å². The molecule has 2 atom stereocenters. The normalized spacial score (nSPS) is 26.7. The average Bonchev–Trinajstić information content (AvgIpc) is 3.24. The summed E-state index contributed by atoms with van der Waals surface area (Å²) in [5, 5.41) is 7.38. The molecule has 0 unspecified atom stereocenters. The van der Waals surface area contributed by atoms with Crippen molar-refractivity contribution in [2.75, 3.05) is 13.1 Å². The van der Waals surface area contributed by atoms with E-state index >= 15 is 0 Å². The lowest BCUT2D eigenvalue weighted by Gasteiger charge is -2.39. The Morgan fingerprint density at radius 1 is 0.967 bits per heavy atom. The summed E-state index contributed by atoms with van der Waals surface area (Å²) in [4.78, 5) is 30.2. The second-order valence-electron chi connectivity index (χ2n) is 9.90. The van der Waals surface area contributed by atoms with Crippen LogP contribution in [0.15, 0.2) is 6.20 Å². The van der Waals surface area contributed by atoms with Crippen LogP contribution in [0.5, 0.6) is 0 Å². The molecule has 3 aliphatic rings. The lowest BCUT2D eigenvalue weighted by molar-refractivity contribution is -0.133. The van der Waals surface area contributed by atoms with E-state index in [1.165, 1.54) is 38.5 Å². The third-order valence-electron chi connectivity index (χ3n) is 7.77. The molecule has 1 N–H and O–H groups in total. The van der Waals surface area contributed by atoms with E-state index in [-0.39, 0.29) is 23.9 Å². The number of rotatable bonds is 4. The number of H-pyrrole nitrogens is 1. The first-order valence-corrected chi connectivity index (χ1v) is 12.2. The van der Waals surface area contributed by atoms with Crippen LogP contribution in [0.4, 0.5) is 0 Å². The zero-order chi connectivity index (χ0) is 21.1. The van der Waals surface area contributed by atoms with Crippen LogP contribution < -0.4 is 0 Å². The lowest BCUT2D eigenvalue weighted by atomic mass is 9.86. The second kappa shape index (κ2) is 9.52. The molecular formula is C24H38N4O2. The van der Waals surface area contributed by atoms with E-state index < -0.39 is 0 Å². The first-order chi connectivity index (χ1) is 14.5. The molecule has 2 aliphatic heterocycles. The molecule has 6 nitrogen and oxygen atoms in total. The number of hydrogen-bond acceptors (Lipinski definition) is 3. The molecule has 3 fully saturated rings. The maximum Gasteiger partial charge on any atom is 0.257 e. The van der Waals surface area contributed by atoms with E-state index in [1.807, 2.05) is 0 Å². The van der Waals surface area contributed by atoms with Crippen molar-refractivity contribution in [1.82, 2.24) is 20.0 Å². The number of aromatic amines is 1. The molecule has 30 heavy (non-hydrogen) atoms. The minimum atomic E-state index is 0.120. The number of carbonyl (C=O) groups excluding carboxylic acids is 2. The van der Waals surface area contributed by atoms with Crippen molar-refractivity contribution in [3.05, 3.63) is 17.5 Å². The fourth-order valence-corrected chi connectivity index (χ4v) is 5.92. The summed E-state index contributed by atoms with van der Waals surface area (Å²) < 4.78 is 0. The molecule has 1 saturated carbocycles. The van der Waals surface area contributed by atoms with Gasteiger partial charge >= 0.3 is 0 Å². The Bertz CT molecular complexity index is 721. The molecule has 0 bridgehead atoms. The van der Waals surface area contributed by atoms with Crippen molar-refractivity contribution in [3.8, 4) is 0 Å². The highest BCUT2D eigenvalue weighted by molar-refractivity contribution is 5.95. The van der Waals surface area contributed by atoms with Crippen LogP contribution in [-0.4, -0.2) is 57.0 Å². The number of amides is 2. The summed E-state index contributed by atoms with van der Waals surface area (Å²) >= 11 is 0. The first kappa shape index (κ1) is 21.4. The SMILES string of the molecule is C[C@@H]1CCC[C@H](C)N1C(=O)c1cn[nH]c1C1CCN(C(=O)CC2CCCCC2)CC1. The minimum absolute atomic E-state index is 0.120. The van der Waals surface area contributed by atoms with Gasteiger partial charge in [0.1, 0.15) is 0 Å². The van der Waals surface area contributed by atoms with Gasteiger partial charge in [-0.05, 0) is 64.7 Å². The Balaban J connectivity index is 1.36. The Hall–Kier alpha value is -1.85. The smallest absolute Gasteiger partial charge is 0.257 e. The zero-order valence-corrected chi connectivity index (χ0v) is 18.7. The first-order valence-electron chi connectivity index (χ1n) is 12.2. The number of nitrogens with zero attached hydrogens (tertiary/aromatic N) is 3. The van der Waals surface area contributed by atoms with Crippen LogP contribution in [0.2, 0.25) is 0 Å². The summed E-state index contributed by atoms with van der Waals surface area (Å²) in [6.07, 6.45) is 13.9. The largest absolute Gasteiger partial charge is 0.343 e. The quantitative estimate of drug-likeness (QED) is 0.789. The third-order valence-corrected chi connectivity index (χ3v) is 7.77. The molecule has 0 radical (unpaired) electrons. The minimum Gasteiger partial charge on any atom is -0.343 e. The molecule has 1 aromatic heterocycles. The van der Waals surface area contributed by atoms with Gasteiger partial charge < -0.3 is 9.80 Å². The number of hydrogen-bond donors (Lipinski definition) is 1. The van der Waals surface area contributed by atoms with Gasteiger partial charge in [-0.2, -0.15) is 5.10 Å². The third kappa shape index (κ3) is 4.57. The lowest BCUT2D eigenvalue weighted by Crippen LogP contribution is -2.47. The Morgan fingerprint density at radius 2 is 1.63 bits per heavy atom. The molecule has 1 aliphatic carbocycles. The van der Waals surface area contributed by atoms with Crippen molar-refractivity contribution in [3.63, 3.8) is 0 Å². The number of carbonyl (C=O) groups is 2. The van der Waals surface area contributed by atoms with Crippen LogP contribution in [0.3, 0.4) is 0 Å². The van der Waals surface area contributed by atoms with Gasteiger partial charge in [0.15, 0.2) is 0 Å². The zero-order valence-electron chi connectivity index (χ0n) is 18.7. The van der Waals surface area contributed by atoms with Crippen molar-refractivity contribution < 1.29 is 9.59 Å². The molecule has 166 valence electrons. The van der Waals surface area contributed by atoms with Gasteiger partial charge in [-0.1, -0.05) is 19.3 Å². The summed E-state index contributed by atoms with van der Waals surface area (Å²) in [6, 6.07) is 0.562.